The van der Waals surface area contributed by atoms with Gasteiger partial charge in [0.05, 0.1) is 13.2 Å². The van der Waals surface area contributed by atoms with Crippen molar-refractivity contribution in [3.63, 3.8) is 0 Å². The molecule has 1 aromatic heterocycles. The highest BCUT2D eigenvalue weighted by Crippen LogP contribution is 2.41. The van der Waals surface area contributed by atoms with Crippen LogP contribution in [0.15, 0.2) is 11.4 Å². The smallest absolute Gasteiger partial charge is 0.325 e. The topological polar surface area (TPSA) is 58.6 Å². The molecule has 3 amide bonds. The van der Waals surface area contributed by atoms with Gasteiger partial charge in [0.25, 0.3) is 5.91 Å². The number of amides is 3. The predicted octanol–water partition coefficient (Wildman–Crippen LogP) is 1.87. The lowest BCUT2D eigenvalue weighted by molar-refractivity contribution is -0.132. The van der Waals surface area contributed by atoms with E-state index < -0.39 is 5.54 Å². The average molecular weight is 294 g/mol. The number of carbonyl (C=O) groups is 2. The van der Waals surface area contributed by atoms with Crippen molar-refractivity contribution < 1.29 is 14.3 Å². The largest absolute Gasteiger partial charge is 0.380 e. The van der Waals surface area contributed by atoms with Crippen LogP contribution in [0.5, 0.6) is 0 Å². The molecule has 6 heteroatoms. The number of hydrogen-bond donors (Lipinski definition) is 1. The second-order valence-corrected chi connectivity index (χ2v) is 6.10. The number of fused-ring (bicyclic) bond motifs is 2. The number of aryl methyl sites for hydroxylation is 1. The standard InChI is InChI=1S/C14H18N2O3S/c1-2-19-8-7-16-12(17)14(15-13(16)18)6-3-4-11-10(14)5-9-20-11/h5,9H,2-4,6-8H2,1H3,(H,15,18)/t14-/m1/s1. The van der Waals surface area contributed by atoms with Gasteiger partial charge >= 0.3 is 6.03 Å². The number of rotatable bonds is 4. The minimum atomic E-state index is -0.823. The summed E-state index contributed by atoms with van der Waals surface area (Å²) in [6, 6.07) is 1.68. The average Bonchev–Trinajstić information content (AvgIpc) is 2.99. The van der Waals surface area contributed by atoms with Crippen LogP contribution in [0, 0.1) is 0 Å². The SMILES string of the molecule is CCOCCN1C(=O)N[C@@]2(CCCc3sccc32)C1=O. The van der Waals surface area contributed by atoms with Crippen LogP contribution in [0.4, 0.5) is 4.79 Å². The van der Waals surface area contributed by atoms with E-state index in [0.29, 0.717) is 26.2 Å². The quantitative estimate of drug-likeness (QED) is 0.681. The lowest BCUT2D eigenvalue weighted by Gasteiger charge is -2.31. The van der Waals surface area contributed by atoms with Gasteiger partial charge < -0.3 is 10.1 Å². The summed E-state index contributed by atoms with van der Waals surface area (Å²) < 4.78 is 5.25. The van der Waals surface area contributed by atoms with E-state index in [4.69, 9.17) is 4.74 Å². The van der Waals surface area contributed by atoms with Crippen molar-refractivity contribution in [3.8, 4) is 0 Å². The van der Waals surface area contributed by atoms with Crippen LogP contribution in [-0.4, -0.2) is 36.6 Å². The number of thiophene rings is 1. The van der Waals surface area contributed by atoms with E-state index >= 15 is 0 Å². The normalized spacial score (nSPS) is 25.1. The summed E-state index contributed by atoms with van der Waals surface area (Å²) in [5.41, 5.74) is 0.169. The number of hydrogen-bond acceptors (Lipinski definition) is 4. The van der Waals surface area contributed by atoms with Crippen molar-refractivity contribution in [1.29, 1.82) is 0 Å². The molecular formula is C14H18N2O3S. The van der Waals surface area contributed by atoms with Crippen LogP contribution in [0.2, 0.25) is 0 Å². The summed E-state index contributed by atoms with van der Waals surface area (Å²) >= 11 is 1.67. The van der Waals surface area contributed by atoms with Gasteiger partial charge in [-0.3, -0.25) is 9.69 Å². The highest BCUT2D eigenvalue weighted by atomic mass is 32.1. The summed E-state index contributed by atoms with van der Waals surface area (Å²) in [4.78, 5) is 27.4. The second kappa shape index (κ2) is 5.18. The Kier molecular flexibility index (Phi) is 3.52. The van der Waals surface area contributed by atoms with Crippen molar-refractivity contribution >= 4 is 23.3 Å². The first-order valence-electron chi connectivity index (χ1n) is 6.98. The van der Waals surface area contributed by atoms with E-state index in [1.807, 2.05) is 18.4 Å². The van der Waals surface area contributed by atoms with Gasteiger partial charge in [-0.15, -0.1) is 11.3 Å². The fourth-order valence-electron chi connectivity index (χ4n) is 3.04. The molecule has 1 fully saturated rings. The van der Waals surface area contributed by atoms with Gasteiger partial charge in [0, 0.05) is 17.0 Å². The molecule has 0 aromatic carbocycles. The first-order valence-corrected chi connectivity index (χ1v) is 7.85. The summed E-state index contributed by atoms with van der Waals surface area (Å²) in [6.45, 7) is 3.19. The molecule has 0 bridgehead atoms. The monoisotopic (exact) mass is 294 g/mol. The lowest BCUT2D eigenvalue weighted by atomic mass is 9.80. The van der Waals surface area contributed by atoms with Gasteiger partial charge in [-0.25, -0.2) is 4.79 Å². The Bertz CT molecular complexity index is 542. The summed E-state index contributed by atoms with van der Waals surface area (Å²) in [5, 5.41) is 4.93. The number of nitrogens with one attached hydrogen (secondary N) is 1. The molecule has 1 atom stereocenters. The first-order chi connectivity index (χ1) is 9.69. The Morgan fingerprint density at radius 1 is 1.50 bits per heavy atom. The van der Waals surface area contributed by atoms with E-state index in [-0.39, 0.29) is 11.9 Å². The third kappa shape index (κ3) is 1.94. The molecular weight excluding hydrogens is 276 g/mol. The molecule has 1 aliphatic carbocycles. The van der Waals surface area contributed by atoms with Gasteiger partial charge in [-0.05, 0) is 37.6 Å². The molecule has 1 spiro atoms. The molecule has 2 aliphatic rings. The van der Waals surface area contributed by atoms with Crippen LogP contribution in [0.1, 0.15) is 30.2 Å². The van der Waals surface area contributed by atoms with Gasteiger partial charge in [-0.1, -0.05) is 0 Å². The zero-order chi connectivity index (χ0) is 14.2. The van der Waals surface area contributed by atoms with Gasteiger partial charge in [0.15, 0.2) is 0 Å². The Hall–Kier alpha value is -1.40. The van der Waals surface area contributed by atoms with Gasteiger partial charge in [0.1, 0.15) is 5.54 Å². The lowest BCUT2D eigenvalue weighted by Crippen LogP contribution is -2.46. The van der Waals surface area contributed by atoms with E-state index in [1.54, 1.807) is 11.3 Å². The van der Waals surface area contributed by atoms with Crippen LogP contribution in [-0.2, 0) is 21.5 Å². The molecule has 1 aliphatic heterocycles. The second-order valence-electron chi connectivity index (χ2n) is 5.10. The fraction of sp³-hybridized carbons (Fsp3) is 0.571. The zero-order valence-corrected chi connectivity index (χ0v) is 12.3. The maximum absolute atomic E-state index is 12.7. The molecule has 1 N–H and O–H groups in total. The van der Waals surface area contributed by atoms with Crippen LogP contribution in [0.3, 0.4) is 0 Å². The third-order valence-corrected chi connectivity index (χ3v) is 4.98. The van der Waals surface area contributed by atoms with E-state index in [0.717, 1.165) is 18.4 Å². The fourth-order valence-corrected chi connectivity index (χ4v) is 4.04. The number of carbonyl (C=O) groups excluding carboxylic acids is 2. The van der Waals surface area contributed by atoms with Crippen molar-refractivity contribution in [2.45, 2.75) is 31.7 Å². The minimum Gasteiger partial charge on any atom is -0.380 e. The maximum atomic E-state index is 12.7. The van der Waals surface area contributed by atoms with Crippen LogP contribution in [0.25, 0.3) is 0 Å². The van der Waals surface area contributed by atoms with Gasteiger partial charge in [0.2, 0.25) is 0 Å². The highest BCUT2D eigenvalue weighted by molar-refractivity contribution is 7.10. The zero-order valence-electron chi connectivity index (χ0n) is 11.5. The summed E-state index contributed by atoms with van der Waals surface area (Å²) in [6.07, 6.45) is 2.61. The van der Waals surface area contributed by atoms with Gasteiger partial charge in [-0.2, -0.15) is 0 Å². The number of imide groups is 1. The van der Waals surface area contributed by atoms with Crippen LogP contribution >= 0.6 is 11.3 Å². The summed E-state index contributed by atoms with van der Waals surface area (Å²) in [7, 11) is 0. The van der Waals surface area contributed by atoms with E-state index in [9.17, 15) is 9.59 Å². The molecule has 2 heterocycles. The number of ether oxygens (including phenoxy) is 1. The van der Waals surface area contributed by atoms with Crippen molar-refractivity contribution in [2.75, 3.05) is 19.8 Å². The van der Waals surface area contributed by atoms with E-state index in [2.05, 4.69) is 5.32 Å². The number of urea groups is 1. The molecule has 0 saturated carbocycles. The maximum Gasteiger partial charge on any atom is 0.325 e. The molecule has 1 saturated heterocycles. The van der Waals surface area contributed by atoms with Crippen molar-refractivity contribution in [2.24, 2.45) is 0 Å². The van der Waals surface area contributed by atoms with E-state index in [1.165, 1.54) is 9.78 Å². The molecule has 3 rings (SSSR count). The molecule has 20 heavy (non-hydrogen) atoms. The molecule has 1 aromatic rings. The van der Waals surface area contributed by atoms with Crippen molar-refractivity contribution in [1.82, 2.24) is 10.2 Å². The first kappa shape index (κ1) is 13.6. The molecule has 0 unspecified atom stereocenters. The highest BCUT2D eigenvalue weighted by Gasteiger charge is 2.54. The number of nitrogens with zero attached hydrogens (tertiary/aromatic N) is 1. The van der Waals surface area contributed by atoms with Crippen molar-refractivity contribution in [3.05, 3.63) is 21.9 Å². The Labute approximate surface area is 121 Å². The molecule has 0 radical (unpaired) electrons. The molecule has 5 nitrogen and oxygen atoms in total. The Morgan fingerprint density at radius 2 is 2.35 bits per heavy atom. The minimum absolute atomic E-state index is 0.124. The summed E-state index contributed by atoms with van der Waals surface area (Å²) in [5.74, 6) is -0.124. The Balaban J connectivity index is 1.87. The predicted molar refractivity (Wildman–Crippen MR) is 75.7 cm³/mol. The molecule has 108 valence electrons. The Morgan fingerprint density at radius 3 is 3.15 bits per heavy atom. The van der Waals surface area contributed by atoms with Crippen LogP contribution < -0.4 is 5.32 Å². The third-order valence-electron chi connectivity index (χ3n) is 4.00.